The second-order valence-corrected chi connectivity index (χ2v) is 4.56. The minimum Gasteiger partial charge on any atom is -0.354 e. The van der Waals surface area contributed by atoms with Crippen LogP contribution in [0.1, 0.15) is 18.7 Å². The van der Waals surface area contributed by atoms with Gasteiger partial charge in [-0.3, -0.25) is 0 Å². The van der Waals surface area contributed by atoms with Crippen LogP contribution in [-0.2, 0) is 0 Å². The van der Waals surface area contributed by atoms with E-state index in [1.807, 2.05) is 19.1 Å². The average Bonchev–Trinajstić information content (AvgIpc) is 2.71. The van der Waals surface area contributed by atoms with Crippen molar-refractivity contribution in [1.82, 2.24) is 19.8 Å². The van der Waals surface area contributed by atoms with E-state index in [0.29, 0.717) is 0 Å². The van der Waals surface area contributed by atoms with Crippen LogP contribution in [0.2, 0.25) is 0 Å². The molecule has 17 heavy (non-hydrogen) atoms. The molecule has 1 atom stereocenters. The summed E-state index contributed by atoms with van der Waals surface area (Å²) in [6.07, 6.45) is 2.23. The maximum atomic E-state index is 5.98. The quantitative estimate of drug-likeness (QED) is 0.768. The molecule has 1 saturated heterocycles. The van der Waals surface area contributed by atoms with Crippen LogP contribution in [0.4, 0.5) is 5.82 Å². The first-order valence-electron chi connectivity index (χ1n) is 5.93. The van der Waals surface area contributed by atoms with Gasteiger partial charge >= 0.3 is 0 Å². The Morgan fingerprint density at radius 3 is 3.06 bits per heavy atom. The number of rotatable bonds is 1. The molecule has 0 spiro atoms. The normalized spacial score (nSPS) is 21.1. The highest BCUT2D eigenvalue weighted by Gasteiger charge is 2.18. The van der Waals surface area contributed by atoms with E-state index in [1.54, 1.807) is 4.52 Å². The van der Waals surface area contributed by atoms with E-state index in [9.17, 15) is 0 Å². The summed E-state index contributed by atoms with van der Waals surface area (Å²) in [5.74, 6) is 1.76. The van der Waals surface area contributed by atoms with Crippen LogP contribution in [0, 0.1) is 6.92 Å². The molecule has 90 valence electrons. The van der Waals surface area contributed by atoms with Crippen LogP contribution in [0.3, 0.4) is 0 Å². The van der Waals surface area contributed by atoms with Crippen molar-refractivity contribution in [2.75, 3.05) is 18.0 Å². The smallest absolute Gasteiger partial charge is 0.178 e. The predicted molar refractivity (Wildman–Crippen MR) is 64.9 cm³/mol. The van der Waals surface area contributed by atoms with Crippen LogP contribution < -0.4 is 10.6 Å². The number of aromatic nitrogens is 4. The molecule has 6 heteroatoms. The highest BCUT2D eigenvalue weighted by atomic mass is 15.4. The molecule has 0 bridgehead atoms. The molecule has 1 unspecified atom stereocenters. The maximum Gasteiger partial charge on any atom is 0.178 e. The fraction of sp³-hybridized carbons (Fsp3) is 0.545. The van der Waals surface area contributed by atoms with Gasteiger partial charge in [0.1, 0.15) is 5.82 Å². The number of aryl methyl sites for hydroxylation is 1. The van der Waals surface area contributed by atoms with Gasteiger partial charge < -0.3 is 10.6 Å². The Morgan fingerprint density at radius 1 is 1.35 bits per heavy atom. The Bertz CT molecular complexity index is 534. The third-order valence-electron chi connectivity index (χ3n) is 3.19. The first-order valence-corrected chi connectivity index (χ1v) is 5.93. The van der Waals surface area contributed by atoms with Crippen LogP contribution >= 0.6 is 0 Å². The number of fused-ring (bicyclic) bond motifs is 1. The Balaban J connectivity index is 1.96. The van der Waals surface area contributed by atoms with E-state index in [2.05, 4.69) is 20.2 Å². The Morgan fingerprint density at radius 2 is 2.24 bits per heavy atom. The summed E-state index contributed by atoms with van der Waals surface area (Å²) < 4.78 is 1.77. The summed E-state index contributed by atoms with van der Waals surface area (Å²) in [7, 11) is 0. The highest BCUT2D eigenvalue weighted by Crippen LogP contribution is 2.17. The van der Waals surface area contributed by atoms with E-state index in [1.165, 1.54) is 0 Å². The van der Waals surface area contributed by atoms with Crippen LogP contribution in [0.25, 0.3) is 5.65 Å². The molecule has 2 N–H and O–H groups in total. The van der Waals surface area contributed by atoms with Gasteiger partial charge in [-0.1, -0.05) is 0 Å². The topological polar surface area (TPSA) is 72.3 Å². The molecule has 3 heterocycles. The zero-order chi connectivity index (χ0) is 11.8. The van der Waals surface area contributed by atoms with Gasteiger partial charge in [-0.25, -0.2) is 0 Å². The van der Waals surface area contributed by atoms with E-state index >= 15 is 0 Å². The number of hydrogen-bond acceptors (Lipinski definition) is 5. The molecule has 0 aromatic carbocycles. The van der Waals surface area contributed by atoms with Gasteiger partial charge in [0.05, 0.1) is 0 Å². The van der Waals surface area contributed by atoms with Crippen LogP contribution in [0.5, 0.6) is 0 Å². The molecule has 0 radical (unpaired) electrons. The van der Waals surface area contributed by atoms with Gasteiger partial charge in [-0.05, 0) is 31.9 Å². The van der Waals surface area contributed by atoms with E-state index in [0.717, 1.165) is 43.2 Å². The first-order chi connectivity index (χ1) is 8.24. The molecule has 3 rings (SSSR count). The fourth-order valence-corrected chi connectivity index (χ4v) is 2.27. The Hall–Kier alpha value is -1.69. The van der Waals surface area contributed by atoms with Gasteiger partial charge in [0, 0.05) is 19.1 Å². The number of hydrogen-bond donors (Lipinski definition) is 1. The van der Waals surface area contributed by atoms with E-state index in [-0.39, 0.29) is 6.04 Å². The molecule has 1 fully saturated rings. The van der Waals surface area contributed by atoms with Crippen molar-refractivity contribution < 1.29 is 0 Å². The van der Waals surface area contributed by atoms with Gasteiger partial charge in [-0.2, -0.15) is 4.52 Å². The lowest BCUT2D eigenvalue weighted by molar-refractivity contribution is 0.501. The molecule has 2 aromatic rings. The van der Waals surface area contributed by atoms with Crippen molar-refractivity contribution >= 4 is 11.5 Å². The second kappa shape index (κ2) is 3.96. The molecule has 2 aromatic heterocycles. The Kier molecular flexibility index (Phi) is 2.44. The SMILES string of the molecule is Cc1nnc2ccc(N3CCCC(N)C3)nn12. The summed E-state index contributed by atoms with van der Waals surface area (Å²) in [5.41, 5.74) is 6.77. The summed E-state index contributed by atoms with van der Waals surface area (Å²) >= 11 is 0. The average molecular weight is 232 g/mol. The molecular weight excluding hydrogens is 216 g/mol. The van der Waals surface area contributed by atoms with Gasteiger partial charge in [0.25, 0.3) is 0 Å². The van der Waals surface area contributed by atoms with Gasteiger partial charge in [0.15, 0.2) is 11.5 Å². The van der Waals surface area contributed by atoms with E-state index in [4.69, 9.17) is 5.73 Å². The number of piperidine rings is 1. The lowest BCUT2D eigenvalue weighted by atomic mass is 10.1. The third-order valence-corrected chi connectivity index (χ3v) is 3.19. The largest absolute Gasteiger partial charge is 0.354 e. The lowest BCUT2D eigenvalue weighted by Gasteiger charge is -2.31. The first kappa shape index (κ1) is 10.5. The molecular formula is C11H16N6. The van der Waals surface area contributed by atoms with E-state index < -0.39 is 0 Å². The molecule has 0 aliphatic carbocycles. The van der Waals surface area contributed by atoms with Crippen molar-refractivity contribution in [3.8, 4) is 0 Å². The standard InChI is InChI=1S/C11H16N6/c1-8-13-14-10-4-5-11(15-17(8)10)16-6-2-3-9(12)7-16/h4-5,9H,2-3,6-7,12H2,1H3. The van der Waals surface area contributed by atoms with Gasteiger partial charge in [-0.15, -0.1) is 15.3 Å². The number of nitrogens with zero attached hydrogens (tertiary/aromatic N) is 5. The second-order valence-electron chi connectivity index (χ2n) is 4.56. The minimum absolute atomic E-state index is 0.253. The monoisotopic (exact) mass is 232 g/mol. The van der Waals surface area contributed by atoms with Crippen molar-refractivity contribution in [3.63, 3.8) is 0 Å². The van der Waals surface area contributed by atoms with Crippen molar-refractivity contribution in [1.29, 1.82) is 0 Å². The zero-order valence-electron chi connectivity index (χ0n) is 9.87. The highest BCUT2D eigenvalue weighted by molar-refractivity contribution is 5.46. The predicted octanol–water partition coefficient (Wildman–Crippen LogP) is 0.360. The fourth-order valence-electron chi connectivity index (χ4n) is 2.27. The molecule has 1 aliphatic heterocycles. The molecule has 6 nitrogen and oxygen atoms in total. The number of nitrogens with two attached hydrogens (primary N) is 1. The van der Waals surface area contributed by atoms with Crippen molar-refractivity contribution in [2.45, 2.75) is 25.8 Å². The molecule has 0 saturated carbocycles. The summed E-state index contributed by atoms with van der Waals surface area (Å²) in [6.45, 7) is 3.80. The summed E-state index contributed by atoms with van der Waals surface area (Å²) in [6, 6.07) is 4.19. The molecule has 1 aliphatic rings. The van der Waals surface area contributed by atoms with Gasteiger partial charge in [0.2, 0.25) is 0 Å². The summed E-state index contributed by atoms with van der Waals surface area (Å²) in [4.78, 5) is 2.23. The molecule has 0 amide bonds. The van der Waals surface area contributed by atoms with Crippen LogP contribution in [-0.4, -0.2) is 38.9 Å². The summed E-state index contributed by atoms with van der Waals surface area (Å²) in [5, 5.41) is 12.6. The van der Waals surface area contributed by atoms with Crippen LogP contribution in [0.15, 0.2) is 12.1 Å². The maximum absolute atomic E-state index is 5.98. The minimum atomic E-state index is 0.253. The van der Waals surface area contributed by atoms with Crippen molar-refractivity contribution in [2.24, 2.45) is 5.73 Å². The third kappa shape index (κ3) is 1.84. The zero-order valence-corrected chi connectivity index (χ0v) is 9.87. The Labute approximate surface area is 99.4 Å². The lowest BCUT2D eigenvalue weighted by Crippen LogP contribution is -2.43. The number of anilines is 1. The van der Waals surface area contributed by atoms with Crippen molar-refractivity contribution in [3.05, 3.63) is 18.0 Å².